The molecule has 0 aromatic carbocycles. The molecule has 0 unspecified atom stereocenters. The zero-order valence-corrected chi connectivity index (χ0v) is 8.91. The Hall–Kier alpha value is -0.830. The summed E-state index contributed by atoms with van der Waals surface area (Å²) in [6, 6.07) is 0. The lowest BCUT2D eigenvalue weighted by molar-refractivity contribution is 0.190. The van der Waals surface area contributed by atoms with Crippen molar-refractivity contribution in [2.75, 3.05) is 0 Å². The summed E-state index contributed by atoms with van der Waals surface area (Å²) in [5, 5.41) is 13.5. The molecule has 1 saturated carbocycles. The van der Waals surface area contributed by atoms with E-state index in [0.717, 1.165) is 18.0 Å². The van der Waals surface area contributed by atoms with Crippen LogP contribution in [0.4, 0.5) is 0 Å². The zero-order valence-electron chi connectivity index (χ0n) is 8.91. The van der Waals surface area contributed by atoms with Crippen molar-refractivity contribution in [1.29, 1.82) is 0 Å². The van der Waals surface area contributed by atoms with Gasteiger partial charge in [-0.15, -0.1) is 0 Å². The lowest BCUT2D eigenvalue weighted by Gasteiger charge is -2.09. The second kappa shape index (κ2) is 2.22. The standard InChI is InChI=1S/C11H16N2O/c1-6-9-8(13(5-14)12-6)4-7-10(9)11(7,2)3/h7,10,14H,4-5H2,1-3H3/t7-,10-/m0/s1. The second-order valence-electron chi connectivity index (χ2n) is 5.20. The van der Waals surface area contributed by atoms with Gasteiger partial charge in [0.05, 0.1) is 5.69 Å². The van der Waals surface area contributed by atoms with Crippen molar-refractivity contribution in [3.63, 3.8) is 0 Å². The van der Waals surface area contributed by atoms with Gasteiger partial charge in [0.25, 0.3) is 0 Å². The first kappa shape index (κ1) is 8.48. The maximum atomic E-state index is 9.15. The van der Waals surface area contributed by atoms with Crippen LogP contribution in [-0.2, 0) is 13.2 Å². The molecule has 2 aliphatic rings. The average molecular weight is 192 g/mol. The van der Waals surface area contributed by atoms with Crippen LogP contribution in [0.3, 0.4) is 0 Å². The van der Waals surface area contributed by atoms with Gasteiger partial charge in [0, 0.05) is 11.3 Å². The molecule has 0 amide bonds. The highest BCUT2D eigenvalue weighted by Crippen LogP contribution is 2.70. The van der Waals surface area contributed by atoms with Crippen molar-refractivity contribution >= 4 is 0 Å². The summed E-state index contributed by atoms with van der Waals surface area (Å²) in [5.41, 5.74) is 4.29. The lowest BCUT2D eigenvalue weighted by Crippen LogP contribution is -2.07. The van der Waals surface area contributed by atoms with Crippen LogP contribution in [0.25, 0.3) is 0 Å². The Labute approximate surface area is 83.7 Å². The Balaban J connectivity index is 2.11. The molecule has 76 valence electrons. The minimum atomic E-state index is 0.0239. The third kappa shape index (κ3) is 0.753. The van der Waals surface area contributed by atoms with Gasteiger partial charge in [-0.3, -0.25) is 0 Å². The minimum Gasteiger partial charge on any atom is -0.374 e. The van der Waals surface area contributed by atoms with Crippen LogP contribution in [-0.4, -0.2) is 14.9 Å². The van der Waals surface area contributed by atoms with Crippen LogP contribution in [0.15, 0.2) is 0 Å². The fourth-order valence-electron chi connectivity index (χ4n) is 3.29. The van der Waals surface area contributed by atoms with Gasteiger partial charge in [-0.05, 0) is 30.6 Å². The molecule has 3 heteroatoms. The zero-order chi connectivity index (χ0) is 10.1. The highest BCUT2D eigenvalue weighted by atomic mass is 16.3. The lowest BCUT2D eigenvalue weighted by atomic mass is 9.98. The molecule has 2 aliphatic carbocycles. The molecule has 1 N–H and O–H groups in total. The van der Waals surface area contributed by atoms with Crippen LogP contribution in [0.2, 0.25) is 0 Å². The van der Waals surface area contributed by atoms with Crippen molar-refractivity contribution in [1.82, 2.24) is 9.78 Å². The van der Waals surface area contributed by atoms with E-state index in [1.54, 1.807) is 4.68 Å². The molecule has 3 nitrogen and oxygen atoms in total. The first-order valence-electron chi connectivity index (χ1n) is 5.24. The number of hydrogen-bond donors (Lipinski definition) is 1. The van der Waals surface area contributed by atoms with E-state index in [2.05, 4.69) is 25.9 Å². The van der Waals surface area contributed by atoms with Gasteiger partial charge < -0.3 is 5.11 Å². The van der Waals surface area contributed by atoms with Crippen molar-refractivity contribution in [3.05, 3.63) is 17.0 Å². The number of aromatic nitrogens is 2. The summed E-state index contributed by atoms with van der Waals surface area (Å²) in [7, 11) is 0. The maximum Gasteiger partial charge on any atom is 0.136 e. The molecular formula is C11H16N2O. The number of hydrogen-bond acceptors (Lipinski definition) is 2. The summed E-state index contributed by atoms with van der Waals surface area (Å²) < 4.78 is 1.76. The smallest absolute Gasteiger partial charge is 0.136 e. The van der Waals surface area contributed by atoms with Gasteiger partial charge in [-0.1, -0.05) is 13.8 Å². The average Bonchev–Trinajstić information content (AvgIpc) is 2.56. The Morgan fingerprint density at radius 1 is 1.57 bits per heavy atom. The van der Waals surface area contributed by atoms with E-state index >= 15 is 0 Å². The molecule has 0 aliphatic heterocycles. The van der Waals surface area contributed by atoms with E-state index in [1.165, 1.54) is 11.3 Å². The molecular weight excluding hydrogens is 176 g/mol. The third-order valence-corrected chi connectivity index (χ3v) is 4.19. The fraction of sp³-hybridized carbons (Fsp3) is 0.727. The molecule has 0 spiro atoms. The molecule has 3 rings (SSSR count). The molecule has 0 radical (unpaired) electrons. The number of aliphatic hydroxyl groups is 1. The second-order valence-corrected chi connectivity index (χ2v) is 5.20. The van der Waals surface area contributed by atoms with Crippen molar-refractivity contribution in [3.8, 4) is 0 Å². The van der Waals surface area contributed by atoms with Gasteiger partial charge in [-0.25, -0.2) is 4.68 Å². The monoisotopic (exact) mass is 192 g/mol. The number of aryl methyl sites for hydroxylation is 1. The predicted molar refractivity (Wildman–Crippen MR) is 52.9 cm³/mol. The Kier molecular flexibility index (Phi) is 1.34. The SMILES string of the molecule is Cc1nn(CO)c2c1[C@@H]1[C@H](C2)C1(C)C. The highest BCUT2D eigenvalue weighted by Gasteiger charge is 2.63. The molecule has 1 aromatic rings. The fourth-order valence-corrected chi connectivity index (χ4v) is 3.29. The number of nitrogens with zero attached hydrogens (tertiary/aromatic N) is 2. The van der Waals surface area contributed by atoms with Crippen LogP contribution >= 0.6 is 0 Å². The Morgan fingerprint density at radius 3 is 2.93 bits per heavy atom. The van der Waals surface area contributed by atoms with Gasteiger partial charge in [0.15, 0.2) is 0 Å². The normalized spacial score (nSPS) is 31.4. The summed E-state index contributed by atoms with van der Waals surface area (Å²) >= 11 is 0. The number of rotatable bonds is 1. The van der Waals surface area contributed by atoms with E-state index in [0.29, 0.717) is 11.3 Å². The molecule has 1 heterocycles. The summed E-state index contributed by atoms with van der Waals surface area (Å²) in [4.78, 5) is 0. The van der Waals surface area contributed by atoms with Crippen molar-refractivity contribution in [2.24, 2.45) is 11.3 Å². The van der Waals surface area contributed by atoms with E-state index in [9.17, 15) is 0 Å². The van der Waals surface area contributed by atoms with Gasteiger partial charge in [-0.2, -0.15) is 5.10 Å². The summed E-state index contributed by atoms with van der Waals surface area (Å²) in [5.74, 6) is 1.50. The van der Waals surface area contributed by atoms with Crippen LogP contribution < -0.4 is 0 Å². The molecule has 2 atom stereocenters. The third-order valence-electron chi connectivity index (χ3n) is 4.19. The molecule has 1 fully saturated rings. The van der Waals surface area contributed by atoms with Crippen LogP contribution in [0, 0.1) is 18.3 Å². The quantitative estimate of drug-likeness (QED) is 0.731. The summed E-state index contributed by atoms with van der Waals surface area (Å²) in [6.45, 7) is 6.75. The largest absolute Gasteiger partial charge is 0.374 e. The Morgan fingerprint density at radius 2 is 2.29 bits per heavy atom. The van der Waals surface area contributed by atoms with Crippen molar-refractivity contribution in [2.45, 2.75) is 39.8 Å². The number of fused-ring (bicyclic) bond motifs is 3. The predicted octanol–water partition coefficient (Wildman–Crippen LogP) is 1.44. The minimum absolute atomic E-state index is 0.0239. The van der Waals surface area contributed by atoms with Gasteiger partial charge in [0.1, 0.15) is 6.73 Å². The molecule has 1 aromatic heterocycles. The van der Waals surface area contributed by atoms with Crippen LogP contribution in [0.1, 0.15) is 36.7 Å². The Bertz CT molecular complexity index is 406. The van der Waals surface area contributed by atoms with E-state index in [-0.39, 0.29) is 6.73 Å². The molecule has 14 heavy (non-hydrogen) atoms. The van der Waals surface area contributed by atoms with E-state index in [1.807, 2.05) is 0 Å². The first-order valence-corrected chi connectivity index (χ1v) is 5.24. The van der Waals surface area contributed by atoms with E-state index < -0.39 is 0 Å². The topological polar surface area (TPSA) is 38.0 Å². The van der Waals surface area contributed by atoms with Gasteiger partial charge >= 0.3 is 0 Å². The van der Waals surface area contributed by atoms with Crippen molar-refractivity contribution < 1.29 is 5.11 Å². The summed E-state index contributed by atoms with van der Waals surface area (Å²) in [6.07, 6.45) is 1.11. The first-order chi connectivity index (χ1) is 6.57. The highest BCUT2D eigenvalue weighted by molar-refractivity contribution is 5.45. The maximum absolute atomic E-state index is 9.15. The van der Waals surface area contributed by atoms with E-state index in [4.69, 9.17) is 5.11 Å². The number of aliphatic hydroxyl groups excluding tert-OH is 1. The van der Waals surface area contributed by atoms with Crippen LogP contribution in [0.5, 0.6) is 0 Å². The van der Waals surface area contributed by atoms with Gasteiger partial charge in [0.2, 0.25) is 0 Å². The molecule has 0 saturated heterocycles. The molecule has 0 bridgehead atoms.